The van der Waals surface area contributed by atoms with Crippen molar-refractivity contribution < 1.29 is 19.0 Å². The van der Waals surface area contributed by atoms with Crippen molar-refractivity contribution in [2.75, 3.05) is 26.3 Å². The number of rotatable bonds is 1. The summed E-state index contributed by atoms with van der Waals surface area (Å²) in [5.41, 5.74) is 1.12. The largest absolute Gasteiger partial charge is 0.480 e. The minimum absolute atomic E-state index is 0.0825. The highest BCUT2D eigenvalue weighted by Crippen LogP contribution is 2.33. The number of benzene rings is 1. The molecule has 1 aromatic carbocycles. The van der Waals surface area contributed by atoms with Gasteiger partial charge in [0.15, 0.2) is 11.9 Å². The van der Waals surface area contributed by atoms with Crippen LogP contribution in [0.2, 0.25) is 0 Å². The van der Waals surface area contributed by atoms with Gasteiger partial charge in [-0.1, -0.05) is 18.2 Å². The van der Waals surface area contributed by atoms with Gasteiger partial charge >= 0.3 is 0 Å². The zero-order valence-electron chi connectivity index (χ0n) is 11.9. The van der Waals surface area contributed by atoms with Crippen LogP contribution in [0.5, 0.6) is 5.75 Å². The highest BCUT2D eigenvalue weighted by atomic mass is 16.7. The van der Waals surface area contributed by atoms with E-state index in [1.807, 2.05) is 29.2 Å². The first-order chi connectivity index (χ1) is 10.3. The molecule has 0 radical (unpaired) electrons. The first-order valence-corrected chi connectivity index (χ1v) is 7.57. The van der Waals surface area contributed by atoms with E-state index in [1.54, 1.807) is 0 Å². The number of carbonyl (C=O) groups is 1. The monoisotopic (exact) mass is 289 g/mol. The Kier molecular flexibility index (Phi) is 3.12. The molecule has 21 heavy (non-hydrogen) atoms. The van der Waals surface area contributed by atoms with Gasteiger partial charge in [0.25, 0.3) is 5.91 Å². The summed E-state index contributed by atoms with van der Waals surface area (Å²) in [7, 11) is 0. The van der Waals surface area contributed by atoms with Crippen LogP contribution >= 0.6 is 0 Å². The van der Waals surface area contributed by atoms with E-state index in [9.17, 15) is 4.79 Å². The van der Waals surface area contributed by atoms with Crippen LogP contribution in [0.15, 0.2) is 24.3 Å². The second kappa shape index (κ2) is 5.00. The molecule has 3 aliphatic heterocycles. The number of fused-ring (bicyclic) bond motifs is 1. The molecule has 4 rings (SSSR count). The number of likely N-dealkylation sites (tertiary alicyclic amines) is 1. The van der Waals surface area contributed by atoms with Crippen molar-refractivity contribution in [3.63, 3.8) is 0 Å². The summed E-state index contributed by atoms with van der Waals surface area (Å²) >= 11 is 0. The van der Waals surface area contributed by atoms with Crippen LogP contribution in [0.3, 0.4) is 0 Å². The predicted molar refractivity (Wildman–Crippen MR) is 75.0 cm³/mol. The lowest BCUT2D eigenvalue weighted by atomic mass is 10.0. The normalized spacial score (nSPS) is 26.7. The summed E-state index contributed by atoms with van der Waals surface area (Å²) < 4.78 is 17.2. The minimum Gasteiger partial charge on any atom is -0.480 e. The highest BCUT2D eigenvalue weighted by Gasteiger charge is 2.42. The summed E-state index contributed by atoms with van der Waals surface area (Å²) in [5.74, 6) is 0.488. The molecule has 5 nitrogen and oxygen atoms in total. The van der Waals surface area contributed by atoms with Gasteiger partial charge in [-0.15, -0.1) is 0 Å². The van der Waals surface area contributed by atoms with Gasteiger partial charge in [-0.05, 0) is 11.6 Å². The molecule has 1 amide bonds. The van der Waals surface area contributed by atoms with Crippen molar-refractivity contribution >= 4 is 5.91 Å². The maximum Gasteiger partial charge on any atom is 0.264 e. The number of ether oxygens (including phenoxy) is 3. The molecule has 0 saturated carbocycles. The van der Waals surface area contributed by atoms with E-state index >= 15 is 0 Å². The zero-order chi connectivity index (χ0) is 14.3. The summed E-state index contributed by atoms with van der Waals surface area (Å²) in [6, 6.07) is 7.86. The van der Waals surface area contributed by atoms with Crippen molar-refractivity contribution in [2.24, 2.45) is 0 Å². The summed E-state index contributed by atoms with van der Waals surface area (Å²) in [5, 5.41) is 0. The van der Waals surface area contributed by atoms with Crippen LogP contribution in [0.1, 0.15) is 18.4 Å². The first kappa shape index (κ1) is 13.1. The van der Waals surface area contributed by atoms with Gasteiger partial charge in [-0.3, -0.25) is 4.79 Å². The second-order valence-corrected chi connectivity index (χ2v) is 5.85. The lowest BCUT2D eigenvalue weighted by Gasteiger charge is -2.38. The van der Waals surface area contributed by atoms with E-state index in [0.29, 0.717) is 32.7 Å². The maximum absolute atomic E-state index is 12.6. The van der Waals surface area contributed by atoms with Gasteiger partial charge in [0.05, 0.1) is 13.2 Å². The Morgan fingerprint density at radius 2 is 1.86 bits per heavy atom. The molecule has 0 aliphatic carbocycles. The van der Waals surface area contributed by atoms with E-state index in [4.69, 9.17) is 14.2 Å². The quantitative estimate of drug-likeness (QED) is 0.783. The molecule has 1 aromatic rings. The Morgan fingerprint density at radius 1 is 1.14 bits per heavy atom. The van der Waals surface area contributed by atoms with Crippen LogP contribution < -0.4 is 4.74 Å². The zero-order valence-corrected chi connectivity index (χ0v) is 11.9. The number of para-hydroxylation sites is 1. The smallest absolute Gasteiger partial charge is 0.264 e. The number of carbonyl (C=O) groups excluding carboxylic acids is 1. The Morgan fingerprint density at radius 3 is 2.57 bits per heavy atom. The Balaban J connectivity index is 1.39. The average Bonchev–Trinajstić information content (AvgIpc) is 3.14. The molecule has 1 atom stereocenters. The van der Waals surface area contributed by atoms with Crippen LogP contribution in [0.4, 0.5) is 0 Å². The molecule has 0 bridgehead atoms. The molecule has 2 fully saturated rings. The fourth-order valence-corrected chi connectivity index (χ4v) is 3.38. The molecule has 3 aliphatic rings. The molecule has 1 unspecified atom stereocenters. The number of nitrogens with zero attached hydrogens (tertiary/aromatic N) is 1. The number of hydrogen-bond acceptors (Lipinski definition) is 4. The molecule has 1 spiro atoms. The molecular weight excluding hydrogens is 270 g/mol. The standard InChI is InChI=1S/C16H19NO4/c18-15(14-11-12-3-1-2-4-13(12)21-14)17-7-5-16(6-8-17)19-9-10-20-16/h1-4,14H,5-11H2. The van der Waals surface area contributed by atoms with E-state index in [0.717, 1.165) is 24.2 Å². The Bertz CT molecular complexity index is 518. The summed E-state index contributed by atoms with van der Waals surface area (Å²) in [6.07, 6.45) is 1.79. The third-order valence-corrected chi connectivity index (χ3v) is 4.57. The first-order valence-electron chi connectivity index (χ1n) is 7.57. The number of piperidine rings is 1. The average molecular weight is 289 g/mol. The third kappa shape index (κ3) is 2.30. The van der Waals surface area contributed by atoms with E-state index in [1.165, 1.54) is 0 Å². The van der Waals surface area contributed by atoms with Crippen molar-refractivity contribution in [3.8, 4) is 5.75 Å². The van der Waals surface area contributed by atoms with Gasteiger partial charge in [0.1, 0.15) is 5.75 Å². The van der Waals surface area contributed by atoms with Crippen LogP contribution in [-0.2, 0) is 20.7 Å². The molecule has 112 valence electrons. The minimum atomic E-state index is -0.434. The topological polar surface area (TPSA) is 48.0 Å². The molecule has 5 heteroatoms. The van der Waals surface area contributed by atoms with E-state index in [2.05, 4.69) is 0 Å². The predicted octanol–water partition coefficient (Wildman–Crippen LogP) is 1.36. The van der Waals surface area contributed by atoms with Crippen molar-refractivity contribution in [1.82, 2.24) is 4.90 Å². The van der Waals surface area contributed by atoms with Gasteiger partial charge in [-0.2, -0.15) is 0 Å². The van der Waals surface area contributed by atoms with Gasteiger partial charge < -0.3 is 19.1 Å². The highest BCUT2D eigenvalue weighted by molar-refractivity contribution is 5.82. The molecule has 2 saturated heterocycles. The van der Waals surface area contributed by atoms with Gasteiger partial charge in [0.2, 0.25) is 0 Å². The number of hydrogen-bond donors (Lipinski definition) is 0. The van der Waals surface area contributed by atoms with Crippen LogP contribution in [-0.4, -0.2) is 49.0 Å². The van der Waals surface area contributed by atoms with Gasteiger partial charge in [0, 0.05) is 32.4 Å². The SMILES string of the molecule is O=C(C1Cc2ccccc2O1)N1CCC2(CC1)OCCO2. The Hall–Kier alpha value is -1.59. The fourth-order valence-electron chi connectivity index (χ4n) is 3.38. The lowest BCUT2D eigenvalue weighted by molar-refractivity contribution is -0.188. The van der Waals surface area contributed by atoms with Crippen molar-refractivity contribution in [1.29, 1.82) is 0 Å². The van der Waals surface area contributed by atoms with E-state index < -0.39 is 5.79 Å². The lowest BCUT2D eigenvalue weighted by Crippen LogP contribution is -2.50. The van der Waals surface area contributed by atoms with Gasteiger partial charge in [-0.25, -0.2) is 0 Å². The molecular formula is C16H19NO4. The second-order valence-electron chi connectivity index (χ2n) is 5.85. The van der Waals surface area contributed by atoms with Crippen LogP contribution in [0.25, 0.3) is 0 Å². The van der Waals surface area contributed by atoms with Crippen molar-refractivity contribution in [2.45, 2.75) is 31.2 Å². The van der Waals surface area contributed by atoms with E-state index in [-0.39, 0.29) is 12.0 Å². The van der Waals surface area contributed by atoms with Crippen molar-refractivity contribution in [3.05, 3.63) is 29.8 Å². The summed E-state index contributed by atoms with van der Waals surface area (Å²) in [6.45, 7) is 2.67. The van der Waals surface area contributed by atoms with Crippen LogP contribution in [0, 0.1) is 0 Å². The Labute approximate surface area is 123 Å². The molecule has 0 aromatic heterocycles. The summed E-state index contributed by atoms with van der Waals surface area (Å²) in [4.78, 5) is 14.5. The molecule has 3 heterocycles. The number of amides is 1. The maximum atomic E-state index is 12.6. The fraction of sp³-hybridized carbons (Fsp3) is 0.562. The third-order valence-electron chi connectivity index (χ3n) is 4.57. The molecule has 0 N–H and O–H groups in total.